The molecule has 0 unspecified atom stereocenters. The van der Waals surface area contributed by atoms with Gasteiger partial charge in [0.15, 0.2) is 0 Å². The molecule has 0 fully saturated rings. The van der Waals surface area contributed by atoms with E-state index in [4.69, 9.17) is 0 Å². The van der Waals surface area contributed by atoms with E-state index < -0.39 is 11.2 Å². The van der Waals surface area contributed by atoms with Crippen LogP contribution in [0.15, 0.2) is 76.3 Å². The summed E-state index contributed by atoms with van der Waals surface area (Å²) in [4.78, 5) is 44.9. The molecular formula is C24H23N3O3S. The first-order valence-corrected chi connectivity index (χ1v) is 11.0. The lowest BCUT2D eigenvalue weighted by Crippen LogP contribution is -2.42. The minimum Gasteiger partial charge on any atom is -0.306 e. The zero-order valence-electron chi connectivity index (χ0n) is 17.2. The van der Waals surface area contributed by atoms with Crippen LogP contribution >= 0.6 is 11.3 Å². The largest absolute Gasteiger partial charge is 0.329 e. The molecule has 31 heavy (non-hydrogen) atoms. The van der Waals surface area contributed by atoms with Crippen LogP contribution in [-0.2, 0) is 24.3 Å². The van der Waals surface area contributed by atoms with Gasteiger partial charge in [0.25, 0.3) is 5.56 Å². The summed E-state index contributed by atoms with van der Waals surface area (Å²) in [5.41, 5.74) is 0.669. The Morgan fingerprint density at radius 2 is 1.71 bits per heavy atom. The second kappa shape index (κ2) is 9.14. The number of hydrogen-bond donors (Lipinski definition) is 1. The Hall–Kier alpha value is -3.45. The number of H-pyrrole nitrogens is 1. The van der Waals surface area contributed by atoms with Gasteiger partial charge in [-0.25, -0.2) is 4.79 Å². The zero-order chi connectivity index (χ0) is 21.8. The Labute approximate surface area is 183 Å². The van der Waals surface area contributed by atoms with Crippen molar-refractivity contribution in [3.8, 4) is 0 Å². The van der Waals surface area contributed by atoms with Gasteiger partial charge in [-0.2, -0.15) is 0 Å². The average molecular weight is 434 g/mol. The SMILES string of the molecule is CCCc1cc2c(=O)n(CC(=O)N(Cc3ccccc3)c3ccccc3)c(=O)[nH]c2s1. The van der Waals surface area contributed by atoms with E-state index in [1.54, 1.807) is 4.90 Å². The zero-order valence-corrected chi connectivity index (χ0v) is 18.0. The Kier molecular flexibility index (Phi) is 6.13. The number of aryl methyl sites for hydroxylation is 1. The Bertz CT molecular complexity index is 1310. The van der Waals surface area contributed by atoms with Crippen LogP contribution in [0, 0.1) is 0 Å². The molecule has 0 aliphatic heterocycles. The molecule has 0 bridgehead atoms. The normalized spacial score (nSPS) is 11.0. The van der Waals surface area contributed by atoms with Crippen molar-refractivity contribution < 1.29 is 4.79 Å². The minimum atomic E-state index is -0.566. The van der Waals surface area contributed by atoms with Gasteiger partial charge in [-0.3, -0.25) is 19.1 Å². The van der Waals surface area contributed by atoms with Crippen LogP contribution in [0.3, 0.4) is 0 Å². The summed E-state index contributed by atoms with van der Waals surface area (Å²) in [5.74, 6) is -0.328. The van der Waals surface area contributed by atoms with Crippen molar-refractivity contribution in [2.75, 3.05) is 4.90 Å². The number of carbonyl (C=O) groups excluding carboxylic acids is 1. The molecule has 0 aliphatic carbocycles. The van der Waals surface area contributed by atoms with Crippen molar-refractivity contribution in [2.45, 2.75) is 32.9 Å². The van der Waals surface area contributed by atoms with E-state index in [-0.39, 0.29) is 12.5 Å². The van der Waals surface area contributed by atoms with Crippen molar-refractivity contribution >= 4 is 33.1 Å². The number of anilines is 1. The highest BCUT2D eigenvalue weighted by Gasteiger charge is 2.20. The lowest BCUT2D eigenvalue weighted by Gasteiger charge is -2.23. The Morgan fingerprint density at radius 3 is 2.39 bits per heavy atom. The minimum absolute atomic E-state index is 0.328. The van der Waals surface area contributed by atoms with Crippen molar-refractivity contribution in [3.05, 3.63) is 98.0 Å². The van der Waals surface area contributed by atoms with Crippen molar-refractivity contribution in [1.82, 2.24) is 9.55 Å². The monoisotopic (exact) mass is 433 g/mol. The Morgan fingerprint density at radius 1 is 1.03 bits per heavy atom. The van der Waals surface area contributed by atoms with E-state index in [0.717, 1.165) is 27.8 Å². The number of nitrogens with one attached hydrogen (secondary N) is 1. The summed E-state index contributed by atoms with van der Waals surface area (Å²) in [5, 5.41) is 0.454. The number of rotatable bonds is 7. The highest BCUT2D eigenvalue weighted by molar-refractivity contribution is 7.18. The summed E-state index contributed by atoms with van der Waals surface area (Å²) in [6.07, 6.45) is 1.80. The first-order chi connectivity index (χ1) is 15.1. The van der Waals surface area contributed by atoms with E-state index in [1.807, 2.05) is 66.7 Å². The third-order valence-corrected chi connectivity index (χ3v) is 6.18. The molecule has 0 radical (unpaired) electrons. The number of carbonyl (C=O) groups is 1. The van der Waals surface area contributed by atoms with Gasteiger partial charge in [0.05, 0.1) is 11.9 Å². The third-order valence-electron chi connectivity index (χ3n) is 5.07. The van der Waals surface area contributed by atoms with Gasteiger partial charge in [0.1, 0.15) is 11.4 Å². The second-order valence-electron chi connectivity index (χ2n) is 7.33. The van der Waals surface area contributed by atoms with Crippen LogP contribution in [0.1, 0.15) is 23.8 Å². The standard InChI is InChI=1S/C24H23N3O3S/c1-2-9-19-14-20-22(31-19)25-24(30)27(23(20)29)16-21(28)26(18-12-7-4-8-13-18)15-17-10-5-3-6-11-17/h3-8,10-14H,2,9,15-16H2,1H3,(H,25,30). The molecule has 1 amide bonds. The molecule has 4 aromatic rings. The number of aromatic amines is 1. The molecule has 0 saturated heterocycles. The van der Waals surface area contributed by atoms with E-state index in [9.17, 15) is 14.4 Å². The lowest BCUT2D eigenvalue weighted by molar-refractivity contribution is -0.119. The maximum Gasteiger partial charge on any atom is 0.329 e. The van der Waals surface area contributed by atoms with Gasteiger partial charge >= 0.3 is 5.69 Å². The number of benzene rings is 2. The third kappa shape index (κ3) is 4.51. The number of aromatic nitrogens is 2. The van der Waals surface area contributed by atoms with Crippen LogP contribution in [-0.4, -0.2) is 15.5 Å². The van der Waals surface area contributed by atoms with Gasteiger partial charge in [0, 0.05) is 10.6 Å². The van der Waals surface area contributed by atoms with E-state index in [0.29, 0.717) is 22.4 Å². The number of hydrogen-bond acceptors (Lipinski definition) is 4. The van der Waals surface area contributed by atoms with Gasteiger partial charge < -0.3 is 4.90 Å². The number of nitrogens with zero attached hydrogens (tertiary/aromatic N) is 2. The van der Waals surface area contributed by atoms with Crippen LogP contribution in [0.25, 0.3) is 10.2 Å². The molecule has 0 atom stereocenters. The summed E-state index contributed by atoms with van der Waals surface area (Å²) < 4.78 is 0.994. The first kappa shape index (κ1) is 20.8. The predicted molar refractivity (Wildman–Crippen MR) is 125 cm³/mol. The topological polar surface area (TPSA) is 75.2 Å². The second-order valence-corrected chi connectivity index (χ2v) is 8.46. The van der Waals surface area contributed by atoms with Gasteiger partial charge in [-0.15, -0.1) is 11.3 Å². The van der Waals surface area contributed by atoms with Gasteiger partial charge in [-0.1, -0.05) is 61.9 Å². The molecule has 2 aromatic heterocycles. The first-order valence-electron chi connectivity index (χ1n) is 10.2. The number of para-hydroxylation sites is 1. The fraction of sp³-hybridized carbons (Fsp3) is 0.208. The smallest absolute Gasteiger partial charge is 0.306 e. The van der Waals surface area contributed by atoms with Crippen LogP contribution in [0.5, 0.6) is 0 Å². The predicted octanol–water partition coefficient (Wildman–Crippen LogP) is 3.94. The molecule has 0 aliphatic rings. The van der Waals surface area contributed by atoms with E-state index in [2.05, 4.69) is 11.9 Å². The fourth-order valence-electron chi connectivity index (χ4n) is 3.53. The van der Waals surface area contributed by atoms with Crippen LogP contribution in [0.4, 0.5) is 5.69 Å². The van der Waals surface area contributed by atoms with Crippen LogP contribution < -0.4 is 16.1 Å². The van der Waals surface area contributed by atoms with E-state index in [1.165, 1.54) is 11.3 Å². The average Bonchev–Trinajstić information content (AvgIpc) is 3.19. The fourth-order valence-corrected chi connectivity index (χ4v) is 4.67. The number of thiophene rings is 1. The maximum atomic E-state index is 13.3. The lowest BCUT2D eigenvalue weighted by atomic mass is 10.2. The summed E-state index contributed by atoms with van der Waals surface area (Å²) >= 11 is 1.42. The summed E-state index contributed by atoms with van der Waals surface area (Å²) in [6, 6.07) is 20.7. The van der Waals surface area contributed by atoms with Crippen molar-refractivity contribution in [3.63, 3.8) is 0 Å². The molecule has 6 nitrogen and oxygen atoms in total. The molecule has 158 valence electrons. The number of amides is 1. The summed E-state index contributed by atoms with van der Waals surface area (Å²) in [6.45, 7) is 2.08. The molecule has 2 heterocycles. The molecule has 0 spiro atoms. The Balaban J connectivity index is 1.69. The molecule has 1 N–H and O–H groups in total. The molecule has 0 saturated carbocycles. The molecule has 7 heteroatoms. The highest BCUT2D eigenvalue weighted by atomic mass is 32.1. The highest BCUT2D eigenvalue weighted by Crippen LogP contribution is 2.22. The maximum absolute atomic E-state index is 13.3. The summed E-state index contributed by atoms with van der Waals surface area (Å²) in [7, 11) is 0. The van der Waals surface area contributed by atoms with Crippen molar-refractivity contribution in [2.24, 2.45) is 0 Å². The number of fused-ring (bicyclic) bond motifs is 1. The van der Waals surface area contributed by atoms with E-state index >= 15 is 0 Å². The van der Waals surface area contributed by atoms with Crippen LogP contribution in [0.2, 0.25) is 0 Å². The van der Waals surface area contributed by atoms with Gasteiger partial charge in [0.2, 0.25) is 5.91 Å². The van der Waals surface area contributed by atoms with Crippen molar-refractivity contribution in [1.29, 1.82) is 0 Å². The molecular weight excluding hydrogens is 410 g/mol. The quantitative estimate of drug-likeness (QED) is 0.480. The molecule has 4 rings (SSSR count). The van der Waals surface area contributed by atoms with Gasteiger partial charge in [-0.05, 0) is 30.2 Å². The molecule has 2 aromatic carbocycles.